The largest absolute Gasteiger partial charge is 0.367 e. The predicted octanol–water partition coefficient (Wildman–Crippen LogP) is 0.632. The van der Waals surface area contributed by atoms with Crippen molar-refractivity contribution in [3.63, 3.8) is 0 Å². The SMILES string of the molecule is c1cncc(N2CC3CC(C2)N3)c1. The standard InChI is InChI=1S/C10H13N3/c1-2-10(5-11-3-1)13-6-8-4-9(7-13)12-8/h1-3,5,8-9,12H,4,6-7H2. The topological polar surface area (TPSA) is 28.2 Å². The van der Waals surface area contributed by atoms with E-state index < -0.39 is 0 Å². The number of rotatable bonds is 1. The van der Waals surface area contributed by atoms with Crippen LogP contribution in [0.15, 0.2) is 24.5 Å². The van der Waals surface area contributed by atoms with Crippen LogP contribution in [0.4, 0.5) is 5.69 Å². The van der Waals surface area contributed by atoms with E-state index in [4.69, 9.17) is 0 Å². The Bertz CT molecular complexity index is 282. The fourth-order valence-corrected chi connectivity index (χ4v) is 2.27. The van der Waals surface area contributed by atoms with Crippen LogP contribution < -0.4 is 10.2 Å². The molecule has 4 heterocycles. The summed E-state index contributed by atoms with van der Waals surface area (Å²) in [5.74, 6) is 0. The molecule has 2 bridgehead atoms. The van der Waals surface area contributed by atoms with Gasteiger partial charge in [0.1, 0.15) is 0 Å². The maximum atomic E-state index is 4.14. The molecule has 0 saturated carbocycles. The van der Waals surface area contributed by atoms with E-state index in [0.717, 1.165) is 25.2 Å². The summed E-state index contributed by atoms with van der Waals surface area (Å²) in [5.41, 5.74) is 1.26. The van der Waals surface area contributed by atoms with Crippen molar-refractivity contribution < 1.29 is 0 Å². The molecule has 4 rings (SSSR count). The second-order valence-electron chi connectivity index (χ2n) is 3.91. The van der Waals surface area contributed by atoms with Crippen molar-refractivity contribution in [2.45, 2.75) is 18.5 Å². The minimum atomic E-state index is 0.721. The van der Waals surface area contributed by atoms with Gasteiger partial charge >= 0.3 is 0 Å². The number of fused-ring (bicyclic) bond motifs is 2. The van der Waals surface area contributed by atoms with Crippen LogP contribution in [0.2, 0.25) is 0 Å². The first kappa shape index (κ1) is 7.33. The van der Waals surface area contributed by atoms with Crippen LogP contribution in [0.3, 0.4) is 0 Å². The Morgan fingerprint density at radius 2 is 2.15 bits per heavy atom. The zero-order valence-electron chi connectivity index (χ0n) is 7.48. The zero-order chi connectivity index (χ0) is 8.67. The normalized spacial score (nSPS) is 31.2. The zero-order valence-corrected chi connectivity index (χ0v) is 7.48. The maximum Gasteiger partial charge on any atom is 0.0553 e. The number of hydrogen-bond donors (Lipinski definition) is 1. The molecule has 2 atom stereocenters. The summed E-state index contributed by atoms with van der Waals surface area (Å²) in [5, 5.41) is 3.52. The third-order valence-corrected chi connectivity index (χ3v) is 2.93. The molecule has 3 saturated heterocycles. The van der Waals surface area contributed by atoms with Gasteiger partial charge in [0.25, 0.3) is 0 Å². The third kappa shape index (κ3) is 1.20. The molecule has 0 amide bonds. The van der Waals surface area contributed by atoms with E-state index in [-0.39, 0.29) is 0 Å². The van der Waals surface area contributed by atoms with Crippen molar-refractivity contribution in [2.75, 3.05) is 18.0 Å². The fraction of sp³-hybridized carbons (Fsp3) is 0.500. The van der Waals surface area contributed by atoms with Gasteiger partial charge in [-0.05, 0) is 18.6 Å². The maximum absolute atomic E-state index is 4.14. The van der Waals surface area contributed by atoms with Gasteiger partial charge in [0.05, 0.1) is 11.9 Å². The highest BCUT2D eigenvalue weighted by molar-refractivity contribution is 5.45. The molecule has 0 spiro atoms. The number of hydrogen-bond acceptors (Lipinski definition) is 3. The van der Waals surface area contributed by atoms with Crippen LogP contribution in [0.5, 0.6) is 0 Å². The summed E-state index contributed by atoms with van der Waals surface area (Å²) >= 11 is 0. The highest BCUT2D eigenvalue weighted by Crippen LogP contribution is 2.24. The molecule has 1 N–H and O–H groups in total. The second kappa shape index (κ2) is 2.70. The van der Waals surface area contributed by atoms with Crippen molar-refractivity contribution in [3.8, 4) is 0 Å². The highest BCUT2D eigenvalue weighted by Gasteiger charge is 2.36. The van der Waals surface area contributed by atoms with E-state index in [0.29, 0.717) is 0 Å². The molecule has 0 radical (unpaired) electrons. The average Bonchev–Trinajstić information content (AvgIpc) is 2.18. The lowest BCUT2D eigenvalue weighted by atomic mass is 9.91. The summed E-state index contributed by atoms with van der Waals surface area (Å²) in [6.45, 7) is 2.28. The van der Waals surface area contributed by atoms with Gasteiger partial charge in [-0.1, -0.05) is 0 Å². The van der Waals surface area contributed by atoms with Gasteiger partial charge in [-0.3, -0.25) is 4.98 Å². The molecule has 0 aromatic carbocycles. The van der Waals surface area contributed by atoms with Crippen LogP contribution in [0.25, 0.3) is 0 Å². The first-order valence-electron chi connectivity index (χ1n) is 4.83. The molecular weight excluding hydrogens is 162 g/mol. The Morgan fingerprint density at radius 3 is 2.77 bits per heavy atom. The minimum absolute atomic E-state index is 0.721. The number of pyridine rings is 1. The molecule has 3 aliphatic rings. The number of aromatic nitrogens is 1. The lowest BCUT2D eigenvalue weighted by Gasteiger charge is -2.49. The molecular formula is C10H13N3. The molecule has 68 valence electrons. The van der Waals surface area contributed by atoms with Gasteiger partial charge in [-0.15, -0.1) is 0 Å². The predicted molar refractivity (Wildman–Crippen MR) is 51.8 cm³/mol. The van der Waals surface area contributed by atoms with Crippen LogP contribution in [-0.2, 0) is 0 Å². The van der Waals surface area contributed by atoms with Gasteiger partial charge in [0.15, 0.2) is 0 Å². The third-order valence-electron chi connectivity index (χ3n) is 2.93. The van der Waals surface area contributed by atoms with E-state index in [9.17, 15) is 0 Å². The van der Waals surface area contributed by atoms with Crippen molar-refractivity contribution in [1.82, 2.24) is 10.3 Å². The van der Waals surface area contributed by atoms with Gasteiger partial charge < -0.3 is 10.2 Å². The number of nitrogens with zero attached hydrogens (tertiary/aromatic N) is 2. The minimum Gasteiger partial charge on any atom is -0.367 e. The Kier molecular flexibility index (Phi) is 1.52. The number of piperazine rings is 1. The van der Waals surface area contributed by atoms with Crippen molar-refractivity contribution in [3.05, 3.63) is 24.5 Å². The van der Waals surface area contributed by atoms with Crippen LogP contribution in [0.1, 0.15) is 6.42 Å². The molecule has 0 aliphatic carbocycles. The number of anilines is 1. The Labute approximate surface area is 77.8 Å². The Hall–Kier alpha value is -1.09. The van der Waals surface area contributed by atoms with Crippen LogP contribution in [-0.4, -0.2) is 30.2 Å². The molecule has 1 aromatic rings. The molecule has 3 fully saturated rings. The first-order chi connectivity index (χ1) is 6.42. The monoisotopic (exact) mass is 175 g/mol. The van der Waals surface area contributed by atoms with Gasteiger partial charge in [0, 0.05) is 31.4 Å². The van der Waals surface area contributed by atoms with E-state index in [1.165, 1.54) is 12.1 Å². The smallest absolute Gasteiger partial charge is 0.0553 e. The van der Waals surface area contributed by atoms with Gasteiger partial charge in [-0.2, -0.15) is 0 Å². The van der Waals surface area contributed by atoms with E-state index in [1.54, 1.807) is 0 Å². The summed E-state index contributed by atoms with van der Waals surface area (Å²) in [6, 6.07) is 5.58. The van der Waals surface area contributed by atoms with Crippen molar-refractivity contribution in [1.29, 1.82) is 0 Å². The van der Waals surface area contributed by atoms with Gasteiger partial charge in [0.2, 0.25) is 0 Å². The molecule has 3 heteroatoms. The Morgan fingerprint density at radius 1 is 1.38 bits per heavy atom. The summed E-state index contributed by atoms with van der Waals surface area (Å²) < 4.78 is 0. The second-order valence-corrected chi connectivity index (χ2v) is 3.91. The summed E-state index contributed by atoms with van der Waals surface area (Å²) in [6.07, 6.45) is 5.13. The van der Waals surface area contributed by atoms with E-state index >= 15 is 0 Å². The van der Waals surface area contributed by atoms with E-state index in [1.807, 2.05) is 18.5 Å². The van der Waals surface area contributed by atoms with Crippen LogP contribution in [0, 0.1) is 0 Å². The van der Waals surface area contributed by atoms with E-state index in [2.05, 4.69) is 21.3 Å². The van der Waals surface area contributed by atoms with Gasteiger partial charge in [-0.25, -0.2) is 0 Å². The lowest BCUT2D eigenvalue weighted by molar-refractivity contribution is 0.226. The lowest BCUT2D eigenvalue weighted by Crippen LogP contribution is -2.67. The fourth-order valence-electron chi connectivity index (χ4n) is 2.27. The Balaban J connectivity index is 1.79. The number of nitrogens with one attached hydrogen (secondary N) is 1. The highest BCUT2D eigenvalue weighted by atomic mass is 15.3. The molecule has 3 aliphatic heterocycles. The summed E-state index contributed by atoms with van der Waals surface area (Å²) in [7, 11) is 0. The van der Waals surface area contributed by atoms with Crippen molar-refractivity contribution >= 4 is 5.69 Å². The first-order valence-corrected chi connectivity index (χ1v) is 4.83. The summed E-state index contributed by atoms with van der Waals surface area (Å²) in [4.78, 5) is 6.56. The van der Waals surface area contributed by atoms with Crippen LogP contribution >= 0.6 is 0 Å². The molecule has 3 nitrogen and oxygen atoms in total. The quantitative estimate of drug-likeness (QED) is 0.678. The van der Waals surface area contributed by atoms with Crippen molar-refractivity contribution in [2.24, 2.45) is 0 Å². The molecule has 2 unspecified atom stereocenters. The average molecular weight is 175 g/mol. The molecule has 1 aromatic heterocycles. The number of piperidine rings is 1. The molecule has 13 heavy (non-hydrogen) atoms.